The maximum Gasteiger partial charge on any atom is 0.165 e. The standard InChI is InChI=1S/C9H9BrO2/c1-11-8-3-2-7(10)6-4-5-12-9(6)8/h2-3H,4-5H2,1H3. The molecule has 0 saturated heterocycles. The molecule has 0 N–H and O–H groups in total. The minimum absolute atomic E-state index is 0.758. The fourth-order valence-corrected chi connectivity index (χ4v) is 1.90. The molecule has 0 atom stereocenters. The molecule has 0 saturated carbocycles. The van der Waals surface area contributed by atoms with Crippen molar-refractivity contribution in [3.05, 3.63) is 22.2 Å². The summed E-state index contributed by atoms with van der Waals surface area (Å²) in [6.07, 6.45) is 0.965. The third-order valence-corrected chi connectivity index (χ3v) is 2.73. The molecule has 2 rings (SSSR count). The maximum atomic E-state index is 5.45. The van der Waals surface area contributed by atoms with E-state index in [-0.39, 0.29) is 0 Å². The van der Waals surface area contributed by atoms with Crippen LogP contribution < -0.4 is 9.47 Å². The van der Waals surface area contributed by atoms with Gasteiger partial charge in [0.1, 0.15) is 0 Å². The van der Waals surface area contributed by atoms with E-state index in [4.69, 9.17) is 9.47 Å². The van der Waals surface area contributed by atoms with E-state index in [1.54, 1.807) is 7.11 Å². The number of halogens is 1. The van der Waals surface area contributed by atoms with Gasteiger partial charge in [-0.25, -0.2) is 0 Å². The van der Waals surface area contributed by atoms with Gasteiger partial charge in [0.05, 0.1) is 13.7 Å². The Hall–Kier alpha value is -0.700. The summed E-state index contributed by atoms with van der Waals surface area (Å²) >= 11 is 3.48. The first-order valence-corrected chi connectivity index (χ1v) is 4.60. The molecule has 0 unspecified atom stereocenters. The quantitative estimate of drug-likeness (QED) is 0.736. The Balaban J connectivity index is 2.57. The average molecular weight is 229 g/mol. The number of benzene rings is 1. The Morgan fingerprint density at radius 2 is 2.33 bits per heavy atom. The molecular formula is C9H9BrO2. The van der Waals surface area contributed by atoms with Crippen LogP contribution in [0.15, 0.2) is 16.6 Å². The molecule has 0 radical (unpaired) electrons. The minimum atomic E-state index is 0.758. The second-order valence-corrected chi connectivity index (χ2v) is 3.51. The smallest absolute Gasteiger partial charge is 0.165 e. The van der Waals surface area contributed by atoms with Crippen LogP contribution >= 0.6 is 15.9 Å². The number of hydrogen-bond donors (Lipinski definition) is 0. The predicted octanol–water partition coefficient (Wildman–Crippen LogP) is 2.39. The molecule has 0 fully saturated rings. The zero-order valence-electron chi connectivity index (χ0n) is 6.76. The van der Waals surface area contributed by atoms with Crippen molar-refractivity contribution in [2.45, 2.75) is 6.42 Å². The van der Waals surface area contributed by atoms with Crippen LogP contribution in [0.1, 0.15) is 5.56 Å². The molecule has 2 nitrogen and oxygen atoms in total. The summed E-state index contributed by atoms with van der Waals surface area (Å²) in [5.41, 5.74) is 1.22. The summed E-state index contributed by atoms with van der Waals surface area (Å²) in [5, 5.41) is 0. The Morgan fingerprint density at radius 1 is 1.50 bits per heavy atom. The highest BCUT2D eigenvalue weighted by atomic mass is 79.9. The second kappa shape index (κ2) is 2.98. The van der Waals surface area contributed by atoms with E-state index in [2.05, 4.69) is 15.9 Å². The van der Waals surface area contributed by atoms with Gasteiger partial charge in [0.2, 0.25) is 0 Å². The van der Waals surface area contributed by atoms with E-state index in [0.717, 1.165) is 29.0 Å². The molecule has 0 aromatic heterocycles. The van der Waals surface area contributed by atoms with Crippen molar-refractivity contribution >= 4 is 15.9 Å². The Labute approximate surface area is 79.6 Å². The Bertz CT molecular complexity index is 310. The molecule has 1 aromatic rings. The zero-order valence-corrected chi connectivity index (χ0v) is 8.35. The van der Waals surface area contributed by atoms with Crippen molar-refractivity contribution in [1.29, 1.82) is 0 Å². The average Bonchev–Trinajstić information content (AvgIpc) is 2.54. The van der Waals surface area contributed by atoms with Gasteiger partial charge in [0.25, 0.3) is 0 Å². The predicted molar refractivity (Wildman–Crippen MR) is 49.9 cm³/mol. The summed E-state index contributed by atoms with van der Waals surface area (Å²) in [6.45, 7) is 0.758. The molecule has 0 bridgehead atoms. The van der Waals surface area contributed by atoms with Gasteiger partial charge in [-0.1, -0.05) is 15.9 Å². The van der Waals surface area contributed by atoms with Crippen LogP contribution in [0.5, 0.6) is 11.5 Å². The molecule has 0 aliphatic carbocycles. The van der Waals surface area contributed by atoms with Crippen LogP contribution in [-0.4, -0.2) is 13.7 Å². The first-order valence-electron chi connectivity index (χ1n) is 3.81. The molecule has 0 spiro atoms. The maximum absolute atomic E-state index is 5.45. The van der Waals surface area contributed by atoms with Crippen molar-refractivity contribution in [2.24, 2.45) is 0 Å². The van der Waals surface area contributed by atoms with E-state index >= 15 is 0 Å². The Kier molecular flexibility index (Phi) is 1.97. The van der Waals surface area contributed by atoms with Crippen molar-refractivity contribution in [3.63, 3.8) is 0 Å². The molecule has 1 aliphatic heterocycles. The van der Waals surface area contributed by atoms with E-state index in [1.165, 1.54) is 5.56 Å². The van der Waals surface area contributed by atoms with Gasteiger partial charge >= 0.3 is 0 Å². The molecule has 64 valence electrons. The number of hydrogen-bond acceptors (Lipinski definition) is 2. The van der Waals surface area contributed by atoms with E-state index in [1.807, 2.05) is 12.1 Å². The lowest BCUT2D eigenvalue weighted by Crippen LogP contribution is -1.89. The van der Waals surface area contributed by atoms with Crippen molar-refractivity contribution in [1.82, 2.24) is 0 Å². The van der Waals surface area contributed by atoms with Gasteiger partial charge in [-0.15, -0.1) is 0 Å². The second-order valence-electron chi connectivity index (χ2n) is 2.66. The van der Waals surface area contributed by atoms with Crippen LogP contribution in [-0.2, 0) is 6.42 Å². The highest BCUT2D eigenvalue weighted by molar-refractivity contribution is 9.10. The minimum Gasteiger partial charge on any atom is -0.493 e. The van der Waals surface area contributed by atoms with E-state index in [0.29, 0.717) is 0 Å². The Morgan fingerprint density at radius 3 is 3.08 bits per heavy atom. The first-order chi connectivity index (χ1) is 5.83. The molecular weight excluding hydrogens is 220 g/mol. The van der Waals surface area contributed by atoms with Gasteiger partial charge in [-0.3, -0.25) is 0 Å². The van der Waals surface area contributed by atoms with Gasteiger partial charge < -0.3 is 9.47 Å². The van der Waals surface area contributed by atoms with Crippen LogP contribution in [0.2, 0.25) is 0 Å². The van der Waals surface area contributed by atoms with Crippen molar-refractivity contribution in [3.8, 4) is 11.5 Å². The zero-order chi connectivity index (χ0) is 8.55. The topological polar surface area (TPSA) is 18.5 Å². The monoisotopic (exact) mass is 228 g/mol. The highest BCUT2D eigenvalue weighted by Gasteiger charge is 2.19. The van der Waals surface area contributed by atoms with Crippen LogP contribution in [0.3, 0.4) is 0 Å². The fraction of sp³-hybridized carbons (Fsp3) is 0.333. The molecule has 0 amide bonds. The SMILES string of the molecule is COc1ccc(Br)c2c1OCC2. The van der Waals surface area contributed by atoms with E-state index < -0.39 is 0 Å². The highest BCUT2D eigenvalue weighted by Crippen LogP contribution is 2.39. The molecule has 3 heteroatoms. The third-order valence-electron chi connectivity index (χ3n) is 1.99. The summed E-state index contributed by atoms with van der Waals surface area (Å²) in [6, 6.07) is 3.90. The summed E-state index contributed by atoms with van der Waals surface area (Å²) in [4.78, 5) is 0. The lowest BCUT2D eigenvalue weighted by Gasteiger charge is -2.06. The van der Waals surface area contributed by atoms with Crippen LogP contribution in [0.4, 0.5) is 0 Å². The van der Waals surface area contributed by atoms with Gasteiger partial charge in [-0.2, -0.15) is 0 Å². The fourth-order valence-electron chi connectivity index (χ4n) is 1.39. The van der Waals surface area contributed by atoms with Crippen LogP contribution in [0, 0.1) is 0 Å². The third kappa shape index (κ3) is 1.08. The lowest BCUT2D eigenvalue weighted by atomic mass is 10.1. The van der Waals surface area contributed by atoms with Gasteiger partial charge in [-0.05, 0) is 12.1 Å². The number of rotatable bonds is 1. The lowest BCUT2D eigenvalue weighted by molar-refractivity contribution is 0.326. The molecule has 1 aliphatic rings. The van der Waals surface area contributed by atoms with Crippen molar-refractivity contribution < 1.29 is 9.47 Å². The number of ether oxygens (including phenoxy) is 2. The van der Waals surface area contributed by atoms with Crippen molar-refractivity contribution in [2.75, 3.05) is 13.7 Å². The van der Waals surface area contributed by atoms with E-state index in [9.17, 15) is 0 Å². The largest absolute Gasteiger partial charge is 0.493 e. The van der Waals surface area contributed by atoms with Gasteiger partial charge in [0.15, 0.2) is 11.5 Å². The van der Waals surface area contributed by atoms with Crippen LogP contribution in [0.25, 0.3) is 0 Å². The number of fused-ring (bicyclic) bond motifs is 1. The summed E-state index contributed by atoms with van der Waals surface area (Å²) in [5.74, 6) is 1.72. The van der Waals surface area contributed by atoms with Gasteiger partial charge in [0, 0.05) is 16.5 Å². The number of methoxy groups -OCH3 is 1. The molecule has 12 heavy (non-hydrogen) atoms. The molecule has 1 heterocycles. The summed E-state index contributed by atoms with van der Waals surface area (Å²) in [7, 11) is 1.66. The summed E-state index contributed by atoms with van der Waals surface area (Å²) < 4.78 is 11.7. The normalized spacial score (nSPS) is 13.8. The molecule has 1 aromatic carbocycles. The first kappa shape index (κ1) is 7.92.